The zero-order valence-electron chi connectivity index (χ0n) is 20.8. The van der Waals surface area contributed by atoms with Crippen LogP contribution in [0.25, 0.3) is 0 Å². The van der Waals surface area contributed by atoms with Gasteiger partial charge >= 0.3 is 0 Å². The largest absolute Gasteiger partial charge is 0.378 e. The molecular weight excluding hydrogens is 492 g/mol. The normalized spacial score (nSPS) is 21.1. The second-order valence-electron chi connectivity index (χ2n) is 9.49. The molecule has 5 atom stereocenters. The van der Waals surface area contributed by atoms with E-state index in [0.29, 0.717) is 23.0 Å². The maximum Gasteiger partial charge on any atom is 0.263 e. The molecule has 1 aliphatic heterocycles. The summed E-state index contributed by atoms with van der Waals surface area (Å²) in [5.74, 6) is -5.50. The van der Waals surface area contributed by atoms with E-state index in [1.54, 1.807) is 24.3 Å². The van der Waals surface area contributed by atoms with Gasteiger partial charge in [0.25, 0.3) is 5.91 Å². The van der Waals surface area contributed by atoms with Crippen LogP contribution in [-0.4, -0.2) is 46.4 Å². The summed E-state index contributed by atoms with van der Waals surface area (Å²) in [5.41, 5.74) is 7.17. The van der Waals surface area contributed by atoms with Gasteiger partial charge in [0.05, 0.1) is 6.04 Å². The standard InChI is InChI=1S/C29H29F2N3O4/c1-17(32)28(37)34(29(38)26(35)20-12-22(30)15-23(31)13-20)25-24(19-10-6-3-7-11-19)14-21(16-33-27(25)36)18-8-4-2-5-9-18/h2-13,15,17,21,24-26,35H,14,16,32H2,1H3,(H,33,36)/t17-,21-,24+,25-,26-/m0/s1. The number of rotatable bonds is 6. The first-order valence-electron chi connectivity index (χ1n) is 12.3. The minimum absolute atomic E-state index is 0.139. The first-order valence-corrected chi connectivity index (χ1v) is 12.3. The summed E-state index contributed by atoms with van der Waals surface area (Å²) in [6.45, 7) is 1.62. The number of hydrogen-bond donors (Lipinski definition) is 3. The summed E-state index contributed by atoms with van der Waals surface area (Å²) in [6, 6.07) is 18.2. The molecule has 3 amide bonds. The average Bonchev–Trinajstić information content (AvgIpc) is 3.08. The molecule has 1 aliphatic rings. The summed E-state index contributed by atoms with van der Waals surface area (Å²) in [4.78, 5) is 41.3. The predicted molar refractivity (Wildman–Crippen MR) is 137 cm³/mol. The molecule has 0 radical (unpaired) electrons. The van der Waals surface area contributed by atoms with Gasteiger partial charge in [-0.15, -0.1) is 0 Å². The van der Waals surface area contributed by atoms with Crippen LogP contribution in [0.5, 0.6) is 0 Å². The van der Waals surface area contributed by atoms with Gasteiger partial charge in [0.2, 0.25) is 11.8 Å². The van der Waals surface area contributed by atoms with Gasteiger partial charge in [-0.3, -0.25) is 19.3 Å². The lowest BCUT2D eigenvalue weighted by Gasteiger charge is -2.36. The van der Waals surface area contributed by atoms with Gasteiger partial charge in [0, 0.05) is 24.4 Å². The quantitative estimate of drug-likeness (QED) is 0.461. The number of aliphatic hydroxyl groups excluding tert-OH is 1. The molecule has 0 spiro atoms. The van der Waals surface area contributed by atoms with Crippen molar-refractivity contribution in [2.75, 3.05) is 6.54 Å². The predicted octanol–water partition coefficient (Wildman–Crippen LogP) is 3.16. The van der Waals surface area contributed by atoms with Crippen molar-refractivity contribution in [3.8, 4) is 0 Å². The number of imide groups is 1. The fraction of sp³-hybridized carbons (Fsp3) is 0.276. The van der Waals surface area contributed by atoms with Crippen LogP contribution >= 0.6 is 0 Å². The van der Waals surface area contributed by atoms with Crippen LogP contribution in [0, 0.1) is 11.6 Å². The third-order valence-electron chi connectivity index (χ3n) is 6.79. The molecule has 1 heterocycles. The molecular formula is C29H29F2N3O4. The number of carbonyl (C=O) groups excluding carboxylic acids is 3. The number of carbonyl (C=O) groups is 3. The topological polar surface area (TPSA) is 113 Å². The van der Waals surface area contributed by atoms with Crippen molar-refractivity contribution >= 4 is 17.7 Å². The first-order chi connectivity index (χ1) is 18.2. The lowest BCUT2D eigenvalue weighted by Crippen LogP contribution is -2.58. The maximum absolute atomic E-state index is 13.9. The molecule has 0 aromatic heterocycles. The lowest BCUT2D eigenvalue weighted by atomic mass is 9.81. The van der Waals surface area contributed by atoms with Crippen LogP contribution < -0.4 is 11.1 Å². The summed E-state index contributed by atoms with van der Waals surface area (Å²) in [6.07, 6.45) is -1.72. The van der Waals surface area contributed by atoms with Crippen LogP contribution in [0.3, 0.4) is 0 Å². The van der Waals surface area contributed by atoms with E-state index >= 15 is 0 Å². The Hall–Kier alpha value is -3.95. The molecule has 0 saturated carbocycles. The summed E-state index contributed by atoms with van der Waals surface area (Å²) < 4.78 is 27.7. The second kappa shape index (κ2) is 11.6. The molecule has 9 heteroatoms. The highest BCUT2D eigenvalue weighted by atomic mass is 19.1. The zero-order valence-corrected chi connectivity index (χ0v) is 20.8. The van der Waals surface area contributed by atoms with Gasteiger partial charge in [0.1, 0.15) is 17.7 Å². The van der Waals surface area contributed by atoms with Crippen molar-refractivity contribution in [1.82, 2.24) is 10.2 Å². The number of nitrogens with two attached hydrogens (primary N) is 1. The number of nitrogens with zero attached hydrogens (tertiary/aromatic N) is 1. The minimum Gasteiger partial charge on any atom is -0.378 e. The molecule has 1 fully saturated rings. The number of hydrogen-bond acceptors (Lipinski definition) is 5. The molecule has 38 heavy (non-hydrogen) atoms. The third kappa shape index (κ3) is 5.79. The highest BCUT2D eigenvalue weighted by molar-refractivity contribution is 6.04. The van der Waals surface area contributed by atoms with Gasteiger partial charge in [-0.1, -0.05) is 60.7 Å². The van der Waals surface area contributed by atoms with Crippen molar-refractivity contribution in [3.05, 3.63) is 107 Å². The Labute approximate surface area is 219 Å². The molecule has 4 N–H and O–H groups in total. The van der Waals surface area contributed by atoms with Crippen LogP contribution in [0.4, 0.5) is 8.78 Å². The highest BCUT2D eigenvalue weighted by Gasteiger charge is 2.46. The average molecular weight is 522 g/mol. The van der Waals surface area contributed by atoms with Crippen LogP contribution in [0.15, 0.2) is 78.9 Å². The van der Waals surface area contributed by atoms with Crippen LogP contribution in [-0.2, 0) is 14.4 Å². The Bertz CT molecular complexity index is 1280. The van der Waals surface area contributed by atoms with Gasteiger partial charge in [-0.05, 0) is 42.2 Å². The van der Waals surface area contributed by atoms with Crippen LogP contribution in [0.2, 0.25) is 0 Å². The number of nitrogens with one attached hydrogen (secondary N) is 1. The molecule has 0 bridgehead atoms. The number of amides is 3. The van der Waals surface area contributed by atoms with Crippen molar-refractivity contribution in [2.45, 2.75) is 43.4 Å². The molecule has 7 nitrogen and oxygen atoms in total. The molecule has 3 aromatic rings. The molecule has 198 valence electrons. The second-order valence-corrected chi connectivity index (χ2v) is 9.49. The third-order valence-corrected chi connectivity index (χ3v) is 6.79. The van der Waals surface area contributed by atoms with Crippen molar-refractivity contribution < 1.29 is 28.3 Å². The first kappa shape index (κ1) is 27.1. The van der Waals surface area contributed by atoms with Crippen LogP contribution in [0.1, 0.15) is 48.0 Å². The smallest absolute Gasteiger partial charge is 0.263 e. The molecule has 0 aliphatic carbocycles. The highest BCUT2D eigenvalue weighted by Crippen LogP contribution is 2.37. The number of benzene rings is 3. The molecule has 0 unspecified atom stereocenters. The number of halogens is 2. The van der Waals surface area contributed by atoms with E-state index in [1.807, 2.05) is 36.4 Å². The zero-order chi connectivity index (χ0) is 27.4. The molecule has 1 saturated heterocycles. The van der Waals surface area contributed by atoms with Gasteiger partial charge in [-0.2, -0.15) is 0 Å². The SMILES string of the molecule is C[C@H](N)C(=O)N(C(=O)[C@@H](O)c1cc(F)cc(F)c1)[C@@H]1C(=O)NC[C@@H](c2ccccc2)C[C@@H]1c1ccccc1. The summed E-state index contributed by atoms with van der Waals surface area (Å²) in [7, 11) is 0. The van der Waals surface area contributed by atoms with E-state index in [2.05, 4.69) is 5.32 Å². The van der Waals surface area contributed by atoms with Gasteiger partial charge in [-0.25, -0.2) is 8.78 Å². The van der Waals surface area contributed by atoms with Crippen molar-refractivity contribution in [3.63, 3.8) is 0 Å². The lowest BCUT2D eigenvalue weighted by molar-refractivity contribution is -0.158. The van der Waals surface area contributed by atoms with E-state index in [9.17, 15) is 28.3 Å². The van der Waals surface area contributed by atoms with Crippen molar-refractivity contribution in [2.24, 2.45) is 5.73 Å². The number of aliphatic hydroxyl groups is 1. The summed E-state index contributed by atoms with van der Waals surface area (Å²) in [5, 5.41) is 13.7. The van der Waals surface area contributed by atoms with Gasteiger partial charge < -0.3 is 16.2 Å². The van der Waals surface area contributed by atoms with E-state index in [0.717, 1.165) is 17.7 Å². The monoisotopic (exact) mass is 521 g/mol. The Balaban J connectivity index is 1.81. The van der Waals surface area contributed by atoms with Gasteiger partial charge in [0.15, 0.2) is 6.10 Å². The van der Waals surface area contributed by atoms with E-state index in [4.69, 9.17) is 5.73 Å². The Morgan fingerprint density at radius 3 is 2.05 bits per heavy atom. The Kier molecular flexibility index (Phi) is 8.29. The van der Waals surface area contributed by atoms with E-state index in [-0.39, 0.29) is 18.0 Å². The fourth-order valence-electron chi connectivity index (χ4n) is 4.93. The maximum atomic E-state index is 13.9. The van der Waals surface area contributed by atoms with Crippen molar-refractivity contribution in [1.29, 1.82) is 0 Å². The molecule has 4 rings (SSSR count). The Morgan fingerprint density at radius 2 is 1.50 bits per heavy atom. The van der Waals surface area contributed by atoms with E-state index < -0.39 is 53.5 Å². The Morgan fingerprint density at radius 1 is 0.947 bits per heavy atom. The summed E-state index contributed by atoms with van der Waals surface area (Å²) >= 11 is 0. The molecule has 3 aromatic carbocycles. The van der Waals surface area contributed by atoms with E-state index in [1.165, 1.54) is 6.92 Å². The fourth-order valence-corrected chi connectivity index (χ4v) is 4.93. The minimum atomic E-state index is -2.11.